The predicted molar refractivity (Wildman–Crippen MR) is 198 cm³/mol. The van der Waals surface area contributed by atoms with Crippen molar-refractivity contribution in [1.29, 1.82) is 0 Å². The Hall–Kier alpha value is -4.52. The minimum Gasteiger partial charge on any atom is -0.383 e. The number of hydrogen-bond acceptors (Lipinski definition) is 5. The van der Waals surface area contributed by atoms with Crippen LogP contribution < -0.4 is 5.43 Å². The van der Waals surface area contributed by atoms with Gasteiger partial charge < -0.3 is 19.1 Å². The molecule has 1 aromatic heterocycles. The van der Waals surface area contributed by atoms with Crippen LogP contribution in [0.3, 0.4) is 0 Å². The zero-order valence-electron chi connectivity index (χ0n) is 55.0. The van der Waals surface area contributed by atoms with Crippen LogP contribution in [-0.2, 0) is 34.5 Å². The molecule has 5 aromatic rings. The van der Waals surface area contributed by atoms with Crippen LogP contribution in [0.25, 0.3) is 22.0 Å². The molecule has 1 saturated heterocycles. The number of likely N-dealkylation sites (tertiary alicyclic amines) is 1. The van der Waals surface area contributed by atoms with E-state index >= 15 is 13.6 Å². The van der Waals surface area contributed by atoms with Crippen molar-refractivity contribution < 1.29 is 69.9 Å². The maximum absolute atomic E-state index is 15.7. The lowest BCUT2D eigenvalue weighted by molar-refractivity contribution is -0.137. The Bertz CT molecular complexity index is 3470. The lowest BCUT2D eigenvalue weighted by Crippen LogP contribution is -2.48. The summed E-state index contributed by atoms with van der Waals surface area (Å²) in [7, 11) is 0.825. The van der Waals surface area contributed by atoms with Crippen LogP contribution >= 0.6 is 11.8 Å². The molecule has 0 spiro atoms. The molecular weight excluding hydrogens is 710 g/mol. The van der Waals surface area contributed by atoms with E-state index in [1.54, 1.807) is 0 Å². The van der Waals surface area contributed by atoms with Gasteiger partial charge in [-0.15, -0.1) is 11.8 Å². The summed E-state index contributed by atoms with van der Waals surface area (Å²) >= 11 is -0.589. The zero-order chi connectivity index (χ0) is 62.4. The van der Waals surface area contributed by atoms with E-state index in [2.05, 4.69) is 0 Å². The van der Waals surface area contributed by atoms with Gasteiger partial charge in [0.05, 0.1) is 44.6 Å². The van der Waals surface area contributed by atoms with E-state index in [-0.39, 0.29) is 4.57 Å². The number of para-hydroxylation sites is 1. The van der Waals surface area contributed by atoms with Crippen molar-refractivity contribution in [2.45, 2.75) is 55.7 Å². The summed E-state index contributed by atoms with van der Waals surface area (Å²) in [5.74, 6) is -6.63. The van der Waals surface area contributed by atoms with Crippen LogP contribution in [0.5, 0.6) is 0 Å². The molecule has 1 fully saturated rings. The highest BCUT2D eigenvalue weighted by molar-refractivity contribution is 7.98. The summed E-state index contributed by atoms with van der Waals surface area (Å²) in [6.45, 7) is -16.7. The summed E-state index contributed by atoms with van der Waals surface area (Å²) in [4.78, 5) is 28.8. The molecule has 0 bridgehead atoms. The highest BCUT2D eigenvalue weighted by atomic mass is 32.2. The molecule has 0 saturated carbocycles. The molecule has 6 nitrogen and oxygen atoms in total. The van der Waals surface area contributed by atoms with E-state index < -0.39 is 254 Å². The molecule has 2 heterocycles. The third-order valence-corrected chi connectivity index (χ3v) is 7.86. The number of aromatic nitrogens is 1. The van der Waals surface area contributed by atoms with Crippen molar-refractivity contribution in [3.8, 4) is 11.1 Å². The third kappa shape index (κ3) is 9.00. The number of nitrogens with zero attached hydrogens (tertiary/aromatic N) is 3. The van der Waals surface area contributed by atoms with Crippen molar-refractivity contribution in [3.05, 3.63) is 135 Å². The topological polar surface area (TPSA) is 54.8 Å². The molecule has 0 radical (unpaired) electrons. The van der Waals surface area contributed by atoms with Gasteiger partial charge in [0.2, 0.25) is 5.91 Å². The lowest BCUT2D eigenvalue weighted by Gasteiger charge is -2.39. The molecule has 1 aliphatic rings. The van der Waals surface area contributed by atoms with E-state index in [0.29, 0.717) is 0 Å². The second kappa shape index (κ2) is 16.7. The summed E-state index contributed by atoms with van der Waals surface area (Å²) in [5.41, 5.74) is -14.5. The summed E-state index contributed by atoms with van der Waals surface area (Å²) in [6, 6.07) is -26.1. The number of rotatable bonds is 12. The van der Waals surface area contributed by atoms with Crippen molar-refractivity contribution >= 4 is 28.6 Å². The Morgan fingerprint density at radius 2 is 1.72 bits per heavy atom. The second-order valence-corrected chi connectivity index (χ2v) is 11.3. The number of halogens is 5. The average Bonchev–Trinajstić information content (AvgIpc) is 2.46. The minimum absolute atomic E-state index is 0.146. The first-order chi connectivity index (χ1) is 36.6. The molecule has 0 aliphatic carbocycles. The second-order valence-electron chi connectivity index (χ2n) is 10.5. The number of carbonyl (C=O) groups excluding carboxylic acids is 1. The third-order valence-electron chi connectivity index (χ3n) is 7.03. The maximum atomic E-state index is 15.7. The average molecular weight is 778 g/mol. The van der Waals surface area contributed by atoms with E-state index in [0.717, 1.165) is 14.0 Å². The molecule has 0 atom stereocenters. The number of hydrogen-bond donors (Lipinski definition) is 0. The van der Waals surface area contributed by atoms with Crippen LogP contribution in [0, 0.1) is 18.6 Å². The van der Waals surface area contributed by atoms with Crippen molar-refractivity contribution in [1.82, 2.24) is 14.4 Å². The molecule has 0 unspecified atom stereocenters. The van der Waals surface area contributed by atoms with Crippen molar-refractivity contribution in [2.75, 3.05) is 33.2 Å². The Balaban J connectivity index is 1.77. The van der Waals surface area contributed by atoms with E-state index in [1.165, 1.54) is 0 Å². The number of fused-ring (bicyclic) bond motifs is 1. The minimum atomic E-state index is -5.50. The molecule has 1 aliphatic heterocycles. The monoisotopic (exact) mass is 777 g/mol. The van der Waals surface area contributed by atoms with E-state index in [1.807, 2.05) is 0 Å². The quantitative estimate of drug-likeness (QED) is 0.0938. The molecule has 4 aromatic carbocycles. The standard InChI is InChI=1S/C41H40F5N3O3S/c1-27-22-29(28-12-14-32(15-13-28)41(44,45)46)10-11-30(27)24-48(33-16-18-47(19-17-33)20-21-52-2)38(51)25-49-36-9-4-3-7-34(36)37(50)23-39(49)53-26-31-6-5-8-35(42)40(31)43/h3-15,22-23,33H,16-21,24-26H2,1-2H3/i3D,4D,5D,6D,7D,8D,9D,10D,11D,12D,13D,14D,15D,16D2,17D2,18D2,19D2,20D2,22D,23D,26D2,33D. The van der Waals surface area contributed by atoms with Gasteiger partial charge in [-0.1, -0.05) is 54.4 Å². The molecule has 53 heavy (non-hydrogen) atoms. The van der Waals surface area contributed by atoms with Gasteiger partial charge in [-0.3, -0.25) is 9.59 Å². The Labute approximate surface area is 348 Å². The van der Waals surface area contributed by atoms with Crippen LogP contribution in [0.1, 0.15) is 73.4 Å². The van der Waals surface area contributed by atoms with Gasteiger partial charge in [0.25, 0.3) is 0 Å². The van der Waals surface area contributed by atoms with E-state index in [4.69, 9.17) is 36.3 Å². The summed E-state index contributed by atoms with van der Waals surface area (Å²) in [6.07, 6.45) is -14.7. The van der Waals surface area contributed by atoms with Gasteiger partial charge in [0, 0.05) is 78.3 Å². The maximum Gasteiger partial charge on any atom is 0.416 e. The Kier molecular flexibility index (Phi) is 5.17. The lowest BCUT2D eigenvalue weighted by atomic mass is 9.97. The van der Waals surface area contributed by atoms with Gasteiger partial charge >= 0.3 is 6.18 Å². The summed E-state index contributed by atoms with van der Waals surface area (Å²) in [5, 5.41) is -2.57. The first-order valence-corrected chi connectivity index (χ1v) is 15.5. The predicted octanol–water partition coefficient (Wildman–Crippen LogP) is 8.71. The fourth-order valence-corrected chi connectivity index (χ4v) is 5.20. The molecular formula is C41H40F5N3O3S. The van der Waals surface area contributed by atoms with Crippen molar-refractivity contribution in [2.24, 2.45) is 0 Å². The van der Waals surface area contributed by atoms with Gasteiger partial charge in [-0.05, 0) is 72.1 Å². The SMILES string of the molecule is [2H]c1c([2H])c(F)c(F)c(C([2H])([2H])Sc2c([2H])c(=O)c3c([2H])c([2H])c([2H])c([2H])c3n2CC(=O)N(Cc2c([2H])c([2H])c(-c3c([2H])c([2H])c(C(F)(F)F)c([2H])c3[2H])c([2H])c2C)C2([2H])C([2H])([2H])C([2H])([2H])N(C([2H])([2H])COC)C([2H])([2H])C2([2H])[2H])c1[2H]. The smallest absolute Gasteiger partial charge is 0.383 e. The molecule has 12 heteroatoms. The van der Waals surface area contributed by atoms with E-state index in [9.17, 15) is 24.8 Å². The van der Waals surface area contributed by atoms with Crippen LogP contribution in [0.15, 0.2) is 100 Å². The van der Waals surface area contributed by atoms with Gasteiger partial charge in [-0.2, -0.15) is 13.2 Å². The number of pyridine rings is 1. The molecule has 1 amide bonds. The number of alkyl halides is 3. The number of carbonyl (C=O) groups is 1. The summed E-state index contributed by atoms with van der Waals surface area (Å²) < 4.78 is 323. The fraction of sp³-hybridized carbons (Fsp3) is 0.317. The highest BCUT2D eigenvalue weighted by Crippen LogP contribution is 2.32. The van der Waals surface area contributed by atoms with Crippen molar-refractivity contribution in [3.63, 3.8) is 0 Å². The first kappa shape index (κ1) is 16.5. The number of methoxy groups -OCH3 is 1. The Morgan fingerprint density at radius 1 is 1.00 bits per heavy atom. The number of thioether (sulfide) groups is 1. The van der Waals surface area contributed by atoms with Crippen LogP contribution in [-0.4, -0.2) is 59.5 Å². The van der Waals surface area contributed by atoms with Gasteiger partial charge in [-0.25, -0.2) is 8.78 Å². The van der Waals surface area contributed by atoms with Gasteiger partial charge in [0.15, 0.2) is 17.1 Å². The van der Waals surface area contributed by atoms with Crippen LogP contribution in [0.2, 0.25) is 0 Å². The molecule has 0 N–H and O–H groups in total. The number of piperidine rings is 1. The normalized spacial score (nSPS) is 26.7. The molecule has 278 valence electrons. The highest BCUT2D eigenvalue weighted by Gasteiger charge is 2.31. The Morgan fingerprint density at radius 3 is 2.43 bits per heavy atom. The fourth-order valence-electron chi connectivity index (χ4n) is 4.45. The largest absolute Gasteiger partial charge is 0.416 e. The number of ether oxygens (including phenoxy) is 1. The van der Waals surface area contributed by atoms with Gasteiger partial charge in [0.1, 0.15) is 6.54 Å². The number of benzene rings is 4. The zero-order valence-corrected chi connectivity index (χ0v) is 27.8. The molecule has 6 rings (SSSR count). The first-order valence-electron chi connectivity index (χ1n) is 28.7. The van der Waals surface area contributed by atoms with Crippen LogP contribution in [0.4, 0.5) is 22.0 Å². The number of amides is 1.